The normalized spacial score (nSPS) is 11.4. The van der Waals surface area contributed by atoms with Crippen molar-refractivity contribution in [2.24, 2.45) is 5.73 Å². The summed E-state index contributed by atoms with van der Waals surface area (Å²) in [5.74, 6) is -1.66. The molecular formula is C10H11ClN2NaO3. The van der Waals surface area contributed by atoms with Crippen molar-refractivity contribution in [2.45, 2.75) is 12.5 Å². The van der Waals surface area contributed by atoms with Crippen molar-refractivity contribution in [3.63, 3.8) is 0 Å². The maximum absolute atomic E-state index is 11.7. The summed E-state index contributed by atoms with van der Waals surface area (Å²) in [6, 6.07) is 3.20. The zero-order valence-corrected chi connectivity index (χ0v) is 12.1. The number of hydrogen-bond acceptors (Lipinski definition) is 4. The van der Waals surface area contributed by atoms with Crippen molar-refractivity contribution in [3.8, 4) is 0 Å². The minimum Gasteiger partial charge on any atom is -0.480 e. The number of hydrogen-bond donors (Lipinski definition) is 3. The number of halogens is 1. The summed E-state index contributed by atoms with van der Waals surface area (Å²) in [4.78, 5) is 22.1. The van der Waals surface area contributed by atoms with E-state index in [1.54, 1.807) is 6.07 Å². The van der Waals surface area contributed by atoms with Gasteiger partial charge in [0.2, 0.25) is 0 Å². The fraction of sp³-hybridized carbons (Fsp3) is 0.200. The smallest absolute Gasteiger partial charge is 0.320 e. The Hall–Kier alpha value is -0.590. The number of nitrogens with two attached hydrogens (primary N) is 2. The minimum atomic E-state index is -1.23. The van der Waals surface area contributed by atoms with E-state index in [0.717, 1.165) is 0 Å². The molecule has 0 fully saturated rings. The molecule has 0 aliphatic heterocycles. The van der Waals surface area contributed by atoms with Gasteiger partial charge in [-0.15, -0.1) is 0 Å². The van der Waals surface area contributed by atoms with E-state index in [4.69, 9.17) is 28.2 Å². The third-order valence-electron chi connectivity index (χ3n) is 2.04. The predicted octanol–water partition coefficient (Wildman–Crippen LogP) is 0.526. The van der Waals surface area contributed by atoms with E-state index < -0.39 is 17.8 Å². The van der Waals surface area contributed by atoms with Crippen LogP contribution in [0.3, 0.4) is 0 Å². The SMILES string of the molecule is Nc1ccc(Cl)cc1C(=O)CC(N)C(=O)O.[Na]. The topological polar surface area (TPSA) is 106 Å². The standard InChI is InChI=1S/C10H11ClN2O3.Na/c11-5-1-2-7(12)6(3-5)9(14)4-8(13)10(15)16;/h1-3,8H,4,12-13H2,(H,15,16);. The third-order valence-corrected chi connectivity index (χ3v) is 2.27. The van der Waals surface area contributed by atoms with E-state index in [1.165, 1.54) is 12.1 Å². The van der Waals surface area contributed by atoms with Gasteiger partial charge in [0.25, 0.3) is 0 Å². The number of nitrogen functional groups attached to an aromatic ring is 1. The van der Waals surface area contributed by atoms with Gasteiger partial charge in [0.1, 0.15) is 6.04 Å². The molecule has 17 heavy (non-hydrogen) atoms. The van der Waals surface area contributed by atoms with Crippen molar-refractivity contribution < 1.29 is 14.7 Å². The monoisotopic (exact) mass is 265 g/mol. The van der Waals surface area contributed by atoms with Gasteiger partial charge < -0.3 is 16.6 Å². The van der Waals surface area contributed by atoms with Gasteiger partial charge in [0.15, 0.2) is 5.78 Å². The van der Waals surface area contributed by atoms with E-state index in [2.05, 4.69) is 0 Å². The van der Waals surface area contributed by atoms with Crippen molar-refractivity contribution in [3.05, 3.63) is 28.8 Å². The molecule has 0 spiro atoms. The fourth-order valence-electron chi connectivity index (χ4n) is 1.17. The number of rotatable bonds is 4. The Morgan fingerprint density at radius 1 is 1.41 bits per heavy atom. The van der Waals surface area contributed by atoms with Gasteiger partial charge in [-0.1, -0.05) is 11.6 Å². The molecule has 0 heterocycles. The van der Waals surface area contributed by atoms with Gasteiger partial charge in [-0.05, 0) is 18.2 Å². The average Bonchev–Trinajstić information content (AvgIpc) is 2.21. The molecule has 0 saturated heterocycles. The van der Waals surface area contributed by atoms with Crippen molar-refractivity contribution in [2.75, 3.05) is 5.73 Å². The second kappa shape index (κ2) is 6.98. The van der Waals surface area contributed by atoms with Gasteiger partial charge in [0, 0.05) is 52.3 Å². The van der Waals surface area contributed by atoms with Crippen LogP contribution < -0.4 is 11.5 Å². The Morgan fingerprint density at radius 3 is 2.53 bits per heavy atom. The molecule has 1 unspecified atom stereocenters. The molecule has 0 amide bonds. The Kier molecular flexibility index (Phi) is 6.74. The van der Waals surface area contributed by atoms with Gasteiger partial charge in [-0.25, -0.2) is 0 Å². The number of carboxylic acids is 1. The molecule has 0 aromatic heterocycles. The first kappa shape index (κ1) is 16.4. The number of anilines is 1. The van der Waals surface area contributed by atoms with E-state index in [9.17, 15) is 9.59 Å². The van der Waals surface area contributed by atoms with Crippen molar-refractivity contribution in [1.82, 2.24) is 0 Å². The van der Waals surface area contributed by atoms with Crippen molar-refractivity contribution >= 4 is 58.6 Å². The quantitative estimate of drug-likeness (QED) is 0.418. The predicted molar refractivity (Wildman–Crippen MR) is 66.2 cm³/mol. The molecule has 0 aliphatic rings. The maximum Gasteiger partial charge on any atom is 0.320 e. The number of carbonyl (C=O) groups excluding carboxylic acids is 1. The molecule has 7 heteroatoms. The Morgan fingerprint density at radius 2 is 2.00 bits per heavy atom. The Labute approximate surface area is 125 Å². The van der Waals surface area contributed by atoms with Crippen molar-refractivity contribution in [1.29, 1.82) is 0 Å². The molecule has 87 valence electrons. The number of benzene rings is 1. The van der Waals surface area contributed by atoms with Crippen LogP contribution in [0.1, 0.15) is 16.8 Å². The van der Waals surface area contributed by atoms with Crippen LogP contribution in [-0.2, 0) is 4.79 Å². The molecule has 1 radical (unpaired) electrons. The van der Waals surface area contributed by atoms with E-state index in [-0.39, 0.29) is 47.2 Å². The molecule has 5 nitrogen and oxygen atoms in total. The van der Waals surface area contributed by atoms with Gasteiger partial charge in [0.05, 0.1) is 0 Å². The molecule has 1 aromatic rings. The summed E-state index contributed by atoms with van der Waals surface area (Å²) in [5.41, 5.74) is 11.3. The Balaban J connectivity index is 0.00000256. The molecule has 0 aliphatic carbocycles. The fourth-order valence-corrected chi connectivity index (χ4v) is 1.34. The van der Waals surface area contributed by atoms with Gasteiger partial charge in [-0.3, -0.25) is 9.59 Å². The third kappa shape index (κ3) is 4.65. The van der Waals surface area contributed by atoms with Crippen LogP contribution in [-0.4, -0.2) is 52.5 Å². The molecule has 1 aromatic carbocycles. The molecular weight excluding hydrogens is 255 g/mol. The van der Waals surface area contributed by atoms with Crippen LogP contribution in [0.2, 0.25) is 5.02 Å². The summed E-state index contributed by atoms with van der Waals surface area (Å²) in [6.07, 6.45) is -0.306. The summed E-state index contributed by atoms with van der Waals surface area (Å²) in [7, 11) is 0. The zero-order valence-electron chi connectivity index (χ0n) is 9.31. The van der Waals surface area contributed by atoms with E-state index >= 15 is 0 Å². The first-order valence-corrected chi connectivity index (χ1v) is 4.86. The van der Waals surface area contributed by atoms with E-state index in [0.29, 0.717) is 5.02 Å². The van der Waals surface area contributed by atoms with Gasteiger partial charge >= 0.3 is 5.97 Å². The number of aliphatic carboxylic acids is 1. The summed E-state index contributed by atoms with van der Waals surface area (Å²) in [6.45, 7) is 0. The molecule has 0 bridgehead atoms. The van der Waals surface area contributed by atoms with E-state index in [1.807, 2.05) is 0 Å². The summed E-state index contributed by atoms with van der Waals surface area (Å²) in [5, 5.41) is 8.93. The zero-order chi connectivity index (χ0) is 12.3. The first-order chi connectivity index (χ1) is 7.41. The second-order valence-electron chi connectivity index (χ2n) is 3.30. The van der Waals surface area contributed by atoms with Crippen LogP contribution in [0.5, 0.6) is 0 Å². The largest absolute Gasteiger partial charge is 0.480 e. The van der Waals surface area contributed by atoms with Crippen LogP contribution in [0, 0.1) is 0 Å². The van der Waals surface area contributed by atoms with Crippen LogP contribution in [0.4, 0.5) is 5.69 Å². The number of Topliss-reactive ketones (excluding diaryl/α,β-unsaturated/α-hetero) is 1. The van der Waals surface area contributed by atoms with Gasteiger partial charge in [-0.2, -0.15) is 0 Å². The van der Waals surface area contributed by atoms with Crippen LogP contribution in [0.15, 0.2) is 18.2 Å². The van der Waals surface area contributed by atoms with Crippen LogP contribution >= 0.6 is 11.6 Å². The summed E-state index contributed by atoms with van der Waals surface area (Å²) < 4.78 is 0. The number of carbonyl (C=O) groups is 2. The minimum absolute atomic E-state index is 0. The first-order valence-electron chi connectivity index (χ1n) is 4.48. The average molecular weight is 266 g/mol. The molecule has 1 rings (SSSR count). The number of ketones is 1. The summed E-state index contributed by atoms with van der Waals surface area (Å²) >= 11 is 5.70. The Bertz CT molecular complexity index is 440. The maximum atomic E-state index is 11.7. The number of carboxylic acid groups (broad SMARTS) is 1. The van der Waals surface area contributed by atoms with Crippen LogP contribution in [0.25, 0.3) is 0 Å². The molecule has 0 saturated carbocycles. The molecule has 1 atom stereocenters. The molecule has 5 N–H and O–H groups in total. The second-order valence-corrected chi connectivity index (χ2v) is 3.74.